The van der Waals surface area contributed by atoms with Gasteiger partial charge in [0.05, 0.1) is 28.4 Å². The Kier molecular flexibility index (Phi) is 7.80. The topological polar surface area (TPSA) is 137 Å². The predicted octanol–water partition coefficient (Wildman–Crippen LogP) is 5.48. The average molecular weight is 681 g/mol. The molecule has 51 heavy (non-hydrogen) atoms. The summed E-state index contributed by atoms with van der Waals surface area (Å²) in [6.45, 7) is 10.8. The van der Waals surface area contributed by atoms with Crippen LogP contribution in [-0.4, -0.2) is 64.5 Å². The number of nitrogens with two attached hydrogens (primary N) is 1. The summed E-state index contributed by atoms with van der Waals surface area (Å²) >= 11 is 0. The van der Waals surface area contributed by atoms with Gasteiger partial charge >= 0.3 is 0 Å². The van der Waals surface area contributed by atoms with Crippen LogP contribution in [0.4, 0.5) is 5.82 Å². The first-order valence-corrected chi connectivity index (χ1v) is 17.5. The lowest BCUT2D eigenvalue weighted by Crippen LogP contribution is -2.36. The monoisotopic (exact) mass is 680 g/mol. The molecule has 3 aromatic carbocycles. The minimum absolute atomic E-state index is 0.0735. The second kappa shape index (κ2) is 12.2. The minimum Gasteiger partial charge on any atom is -0.504 e. The zero-order chi connectivity index (χ0) is 35.5. The highest BCUT2D eigenvalue weighted by Gasteiger charge is 2.48. The van der Waals surface area contributed by atoms with Crippen molar-refractivity contribution in [1.82, 2.24) is 34.2 Å². The fraction of sp³-hybridized carbons (Fsp3) is 0.325. The molecule has 0 bridgehead atoms. The molecule has 0 atom stereocenters. The zero-order valence-corrected chi connectivity index (χ0v) is 29.3. The van der Waals surface area contributed by atoms with Gasteiger partial charge in [0, 0.05) is 23.1 Å². The number of aromatic nitrogens is 6. The molecule has 0 unspecified atom stereocenters. The summed E-state index contributed by atoms with van der Waals surface area (Å²) in [5, 5.41) is 16.9. The first-order chi connectivity index (χ1) is 24.6. The van der Waals surface area contributed by atoms with Crippen LogP contribution in [0.15, 0.2) is 71.8 Å². The average Bonchev–Trinajstić information content (AvgIpc) is 3.73. The summed E-state index contributed by atoms with van der Waals surface area (Å²) in [5.41, 5.74) is 10.3. The van der Waals surface area contributed by atoms with E-state index in [-0.39, 0.29) is 23.7 Å². The van der Waals surface area contributed by atoms with Crippen molar-refractivity contribution in [1.29, 1.82) is 0 Å². The molecule has 0 spiro atoms. The van der Waals surface area contributed by atoms with Gasteiger partial charge in [-0.05, 0) is 69.6 Å². The summed E-state index contributed by atoms with van der Waals surface area (Å²) < 4.78 is 9.76. The maximum absolute atomic E-state index is 14.9. The molecule has 6 aromatic rings. The number of benzene rings is 3. The van der Waals surface area contributed by atoms with Gasteiger partial charge in [-0.25, -0.2) is 19.6 Å². The van der Waals surface area contributed by atoms with Crippen molar-refractivity contribution in [2.45, 2.75) is 64.6 Å². The van der Waals surface area contributed by atoms with Crippen LogP contribution in [0.3, 0.4) is 0 Å². The Morgan fingerprint density at radius 3 is 2.53 bits per heavy atom. The van der Waals surface area contributed by atoms with Crippen LogP contribution in [-0.2, 0) is 18.5 Å². The van der Waals surface area contributed by atoms with Gasteiger partial charge in [0.25, 0.3) is 5.56 Å². The van der Waals surface area contributed by atoms with Gasteiger partial charge in [-0.2, -0.15) is 5.10 Å². The summed E-state index contributed by atoms with van der Waals surface area (Å²) in [6.07, 6.45) is 3.58. The molecule has 0 saturated heterocycles. The molecule has 11 heteroatoms. The van der Waals surface area contributed by atoms with Crippen LogP contribution in [0, 0.1) is 11.8 Å². The van der Waals surface area contributed by atoms with Gasteiger partial charge in [0.1, 0.15) is 35.8 Å². The molecule has 1 aliphatic heterocycles. The zero-order valence-electron chi connectivity index (χ0n) is 29.3. The number of fused-ring (bicyclic) bond motifs is 3. The third kappa shape index (κ3) is 5.47. The highest BCUT2D eigenvalue weighted by Crippen LogP contribution is 2.50. The Labute approximate surface area is 295 Å². The van der Waals surface area contributed by atoms with Gasteiger partial charge in [0.2, 0.25) is 0 Å². The Balaban J connectivity index is 1.32. The van der Waals surface area contributed by atoms with Crippen molar-refractivity contribution in [2.24, 2.45) is 0 Å². The standard InChI is InChI=1S/C40H40N8O3/c1-5-46(6-2)21-11-13-25-12-10-16-29-32(25)38(50)48(40(19-20-40)26-14-8-7-9-15-26)31(44-29)23-47-37-33(36(41)42-24-43-37)34(45-47)27-17-18-30(49)35-28(27)22-39(3,4)51-35/h7-10,12,14-18,24,49H,5-6,19-23H2,1-4H3,(H2,41,42,43). The molecule has 4 heterocycles. The molecule has 1 aliphatic carbocycles. The van der Waals surface area contributed by atoms with Crippen molar-refractivity contribution in [3.05, 3.63) is 99.9 Å². The molecule has 11 nitrogen and oxygen atoms in total. The highest BCUT2D eigenvalue weighted by molar-refractivity contribution is 5.99. The first-order valence-electron chi connectivity index (χ1n) is 17.5. The number of aromatic hydroxyl groups is 1. The molecular formula is C40H40N8O3. The Hall–Kier alpha value is -5.73. The first kappa shape index (κ1) is 32.5. The molecule has 8 rings (SSSR count). The van der Waals surface area contributed by atoms with Crippen molar-refractivity contribution < 1.29 is 9.84 Å². The van der Waals surface area contributed by atoms with Crippen LogP contribution in [0.5, 0.6) is 11.5 Å². The Bertz CT molecular complexity index is 2450. The third-order valence-electron chi connectivity index (χ3n) is 10.2. The lowest BCUT2D eigenvalue weighted by atomic mass is 9.95. The largest absolute Gasteiger partial charge is 0.504 e. The smallest absolute Gasteiger partial charge is 0.263 e. The van der Waals surface area contributed by atoms with Gasteiger partial charge in [0.15, 0.2) is 17.1 Å². The molecule has 258 valence electrons. The van der Waals surface area contributed by atoms with Crippen LogP contribution < -0.4 is 16.0 Å². The summed E-state index contributed by atoms with van der Waals surface area (Å²) in [4.78, 5) is 31.3. The number of nitrogen functional groups attached to an aromatic ring is 1. The van der Waals surface area contributed by atoms with Crippen molar-refractivity contribution in [2.75, 3.05) is 25.4 Å². The predicted molar refractivity (Wildman–Crippen MR) is 198 cm³/mol. The van der Waals surface area contributed by atoms with Crippen molar-refractivity contribution >= 4 is 27.8 Å². The molecule has 2 aliphatic rings. The van der Waals surface area contributed by atoms with E-state index in [0.29, 0.717) is 57.7 Å². The number of hydrogen-bond acceptors (Lipinski definition) is 9. The normalized spacial score (nSPS) is 15.5. The summed E-state index contributed by atoms with van der Waals surface area (Å²) in [6, 6.07) is 19.3. The summed E-state index contributed by atoms with van der Waals surface area (Å²) in [5.74, 6) is 7.93. The van der Waals surface area contributed by atoms with E-state index in [2.05, 4.69) is 52.7 Å². The van der Waals surface area contributed by atoms with Crippen LogP contribution >= 0.6 is 0 Å². The lowest BCUT2D eigenvalue weighted by molar-refractivity contribution is 0.134. The number of rotatable bonds is 8. The Morgan fingerprint density at radius 1 is 1.00 bits per heavy atom. The van der Waals surface area contributed by atoms with Crippen LogP contribution in [0.1, 0.15) is 63.1 Å². The maximum atomic E-state index is 14.9. The minimum atomic E-state index is -0.558. The van der Waals surface area contributed by atoms with Gasteiger partial charge in [-0.15, -0.1) is 0 Å². The van der Waals surface area contributed by atoms with E-state index in [9.17, 15) is 9.90 Å². The molecule has 1 saturated carbocycles. The second-order valence-electron chi connectivity index (χ2n) is 14.0. The number of anilines is 1. The fourth-order valence-corrected chi connectivity index (χ4v) is 7.46. The number of phenolic OH excluding ortho intramolecular Hbond substituents is 1. The van der Waals surface area contributed by atoms with E-state index >= 15 is 0 Å². The fourth-order valence-electron chi connectivity index (χ4n) is 7.46. The summed E-state index contributed by atoms with van der Waals surface area (Å²) in [7, 11) is 0. The van der Waals surface area contributed by atoms with Crippen LogP contribution in [0.25, 0.3) is 33.2 Å². The van der Waals surface area contributed by atoms with Gasteiger partial charge in [-0.3, -0.25) is 14.3 Å². The van der Waals surface area contributed by atoms with E-state index in [1.54, 1.807) is 10.7 Å². The van der Waals surface area contributed by atoms with Gasteiger partial charge < -0.3 is 15.6 Å². The van der Waals surface area contributed by atoms with E-state index in [1.807, 2.05) is 60.9 Å². The maximum Gasteiger partial charge on any atom is 0.263 e. The molecule has 0 radical (unpaired) electrons. The van der Waals surface area contributed by atoms with E-state index < -0.39 is 11.1 Å². The molecule has 1 fully saturated rings. The second-order valence-corrected chi connectivity index (χ2v) is 14.0. The quantitative estimate of drug-likeness (QED) is 0.200. The number of nitrogens with zero attached hydrogens (tertiary/aromatic N) is 7. The Morgan fingerprint density at radius 2 is 1.78 bits per heavy atom. The molecule has 3 N–H and O–H groups in total. The number of hydrogen-bond donors (Lipinski definition) is 2. The van der Waals surface area contributed by atoms with Crippen molar-refractivity contribution in [3.63, 3.8) is 0 Å². The van der Waals surface area contributed by atoms with E-state index in [0.717, 1.165) is 42.6 Å². The van der Waals surface area contributed by atoms with E-state index in [1.165, 1.54) is 6.33 Å². The number of ether oxygens (including phenoxy) is 1. The molecule has 3 aromatic heterocycles. The molecule has 0 amide bonds. The van der Waals surface area contributed by atoms with Crippen molar-refractivity contribution in [3.8, 4) is 34.6 Å². The highest BCUT2D eigenvalue weighted by atomic mass is 16.5. The number of phenols is 1. The van der Waals surface area contributed by atoms with Gasteiger partial charge in [-0.1, -0.05) is 62.1 Å². The third-order valence-corrected chi connectivity index (χ3v) is 10.2. The SMILES string of the molecule is CCN(CC)CC#Cc1cccc2nc(Cn3nc(-c4ccc(O)c5c4CC(C)(C)O5)c4c(N)ncnc43)n(C3(c4ccccc4)CC3)c(=O)c12. The lowest BCUT2D eigenvalue weighted by Gasteiger charge is -2.24. The van der Waals surface area contributed by atoms with E-state index in [4.69, 9.17) is 20.6 Å². The van der Waals surface area contributed by atoms with Crippen LogP contribution in [0.2, 0.25) is 0 Å². The molecular weight excluding hydrogens is 640 g/mol.